The molecule has 3 N–H and O–H groups in total. The van der Waals surface area contributed by atoms with E-state index in [0.29, 0.717) is 6.04 Å². The van der Waals surface area contributed by atoms with Gasteiger partial charge in [-0.05, 0) is 50.0 Å². The van der Waals surface area contributed by atoms with Crippen LogP contribution in [0.2, 0.25) is 0 Å². The van der Waals surface area contributed by atoms with Crippen molar-refractivity contribution in [3.8, 4) is 5.75 Å². The molecular formula is C21H40N4O. The van der Waals surface area contributed by atoms with Crippen molar-refractivity contribution in [2.24, 2.45) is 5.84 Å². The number of likely N-dealkylation sites (tertiary alicyclic amines) is 1. The van der Waals surface area contributed by atoms with Crippen molar-refractivity contribution in [3.63, 3.8) is 0 Å². The largest absolute Gasteiger partial charge is 0.492 e. The van der Waals surface area contributed by atoms with Gasteiger partial charge in [-0.25, -0.2) is 5.01 Å². The highest BCUT2D eigenvalue weighted by Crippen LogP contribution is 2.20. The normalized spacial score (nSPS) is 16.1. The molecular weight excluding hydrogens is 324 g/mol. The molecule has 1 aliphatic heterocycles. The Labute approximate surface area is 160 Å². The third-order valence-electron chi connectivity index (χ3n) is 4.67. The van der Waals surface area contributed by atoms with Crippen molar-refractivity contribution in [1.82, 2.24) is 15.2 Å². The molecule has 0 radical (unpaired) electrons. The Kier molecular flexibility index (Phi) is 12.3. The molecule has 0 bridgehead atoms. The van der Waals surface area contributed by atoms with Crippen LogP contribution in [0.25, 0.3) is 0 Å². The Morgan fingerprint density at radius 2 is 1.81 bits per heavy atom. The average Bonchev–Trinajstić information content (AvgIpc) is 2.68. The maximum absolute atomic E-state index is 5.90. The van der Waals surface area contributed by atoms with Crippen LogP contribution in [0.5, 0.6) is 5.75 Å². The lowest BCUT2D eigenvalue weighted by Gasteiger charge is -2.26. The number of likely N-dealkylation sites (N-methyl/N-ethyl adjacent to an activating group) is 1. The second-order valence-electron chi connectivity index (χ2n) is 6.72. The number of nitrogens with zero attached hydrogens (tertiary/aromatic N) is 2. The molecule has 1 unspecified atom stereocenters. The lowest BCUT2D eigenvalue weighted by atomic mass is 10.0. The summed E-state index contributed by atoms with van der Waals surface area (Å²) < 4.78 is 5.90. The third kappa shape index (κ3) is 8.99. The minimum atomic E-state index is 0.368. The van der Waals surface area contributed by atoms with Crippen LogP contribution in [0.4, 0.5) is 0 Å². The summed E-state index contributed by atoms with van der Waals surface area (Å²) in [5.41, 5.74) is 1.31. The van der Waals surface area contributed by atoms with E-state index in [9.17, 15) is 0 Å². The first-order valence-electron chi connectivity index (χ1n) is 10.3. The van der Waals surface area contributed by atoms with Gasteiger partial charge < -0.3 is 10.1 Å². The molecule has 26 heavy (non-hydrogen) atoms. The maximum atomic E-state index is 5.90. The highest BCUT2D eigenvalue weighted by atomic mass is 16.5. The molecule has 0 amide bonds. The molecule has 1 heterocycles. The second-order valence-corrected chi connectivity index (χ2v) is 6.72. The first kappa shape index (κ1) is 22.9. The Morgan fingerprint density at radius 1 is 1.15 bits per heavy atom. The number of ether oxygens (including phenoxy) is 1. The van der Waals surface area contributed by atoms with Crippen molar-refractivity contribution < 1.29 is 4.74 Å². The Balaban J connectivity index is 0.00000163. The monoisotopic (exact) mass is 364 g/mol. The maximum Gasteiger partial charge on any atom is 0.119 e. The van der Waals surface area contributed by atoms with Crippen LogP contribution in [-0.4, -0.2) is 56.3 Å². The van der Waals surface area contributed by atoms with Gasteiger partial charge in [-0.1, -0.05) is 39.3 Å². The molecule has 0 spiro atoms. The van der Waals surface area contributed by atoms with E-state index in [-0.39, 0.29) is 0 Å². The molecule has 1 aromatic carbocycles. The van der Waals surface area contributed by atoms with Crippen molar-refractivity contribution in [1.29, 1.82) is 0 Å². The summed E-state index contributed by atoms with van der Waals surface area (Å²) in [6.07, 6.45) is 5.11. The van der Waals surface area contributed by atoms with Gasteiger partial charge in [0.25, 0.3) is 0 Å². The van der Waals surface area contributed by atoms with Crippen LogP contribution in [0, 0.1) is 0 Å². The van der Waals surface area contributed by atoms with Gasteiger partial charge in [0.2, 0.25) is 0 Å². The molecule has 0 saturated carbocycles. The molecule has 0 aromatic heterocycles. The second kappa shape index (κ2) is 14.0. The SMILES string of the molecule is CC.CCC(NCCN(C)N)c1ccc(OCCN2CCCCC2)cc1. The Hall–Kier alpha value is -1.14. The summed E-state index contributed by atoms with van der Waals surface area (Å²) in [6.45, 7) is 12.2. The van der Waals surface area contributed by atoms with Crippen molar-refractivity contribution in [3.05, 3.63) is 29.8 Å². The third-order valence-corrected chi connectivity index (χ3v) is 4.67. The number of rotatable bonds is 10. The summed E-state index contributed by atoms with van der Waals surface area (Å²) in [7, 11) is 1.89. The Morgan fingerprint density at radius 3 is 2.38 bits per heavy atom. The average molecular weight is 365 g/mol. The standard InChI is InChI=1S/C19H34N4O.C2H6/c1-3-19(21-11-14-22(2)20)17-7-9-18(10-8-17)24-16-15-23-12-5-4-6-13-23;1-2/h7-10,19,21H,3-6,11-16,20H2,1-2H3;1-2H3. The van der Waals surface area contributed by atoms with E-state index in [4.69, 9.17) is 10.6 Å². The molecule has 1 fully saturated rings. The van der Waals surface area contributed by atoms with Gasteiger partial charge in [0.05, 0.1) is 0 Å². The summed E-state index contributed by atoms with van der Waals surface area (Å²) in [4.78, 5) is 2.50. The molecule has 1 atom stereocenters. The summed E-state index contributed by atoms with van der Waals surface area (Å²) in [5, 5.41) is 5.26. The first-order valence-corrected chi connectivity index (χ1v) is 10.3. The quantitative estimate of drug-likeness (QED) is 0.492. The molecule has 0 aliphatic carbocycles. The van der Waals surface area contributed by atoms with E-state index in [0.717, 1.165) is 38.4 Å². The van der Waals surface area contributed by atoms with Gasteiger partial charge in [0, 0.05) is 32.7 Å². The van der Waals surface area contributed by atoms with Crippen molar-refractivity contribution in [2.45, 2.75) is 52.5 Å². The number of hydrogen-bond donors (Lipinski definition) is 2. The molecule has 150 valence electrons. The number of hydrazine groups is 1. The molecule has 1 aliphatic rings. The zero-order valence-corrected chi connectivity index (χ0v) is 17.3. The minimum absolute atomic E-state index is 0.368. The van der Waals surface area contributed by atoms with Crippen molar-refractivity contribution in [2.75, 3.05) is 46.4 Å². The van der Waals surface area contributed by atoms with E-state index in [1.807, 2.05) is 20.9 Å². The number of piperidine rings is 1. The fraction of sp³-hybridized carbons (Fsp3) is 0.714. The van der Waals surface area contributed by atoms with E-state index in [1.165, 1.54) is 37.9 Å². The van der Waals surface area contributed by atoms with E-state index in [1.54, 1.807) is 5.01 Å². The molecule has 5 heteroatoms. The van der Waals surface area contributed by atoms with Crippen LogP contribution in [-0.2, 0) is 0 Å². The smallest absolute Gasteiger partial charge is 0.119 e. The molecule has 2 rings (SSSR count). The van der Waals surface area contributed by atoms with Crippen LogP contribution in [0.15, 0.2) is 24.3 Å². The zero-order valence-electron chi connectivity index (χ0n) is 17.3. The van der Waals surface area contributed by atoms with E-state index >= 15 is 0 Å². The van der Waals surface area contributed by atoms with Gasteiger partial charge in [-0.15, -0.1) is 0 Å². The fourth-order valence-corrected chi connectivity index (χ4v) is 3.18. The summed E-state index contributed by atoms with van der Waals surface area (Å²) >= 11 is 0. The fourth-order valence-electron chi connectivity index (χ4n) is 3.18. The highest BCUT2D eigenvalue weighted by molar-refractivity contribution is 5.29. The predicted octanol–water partition coefficient (Wildman–Crippen LogP) is 3.42. The van der Waals surface area contributed by atoms with Gasteiger partial charge in [0.1, 0.15) is 12.4 Å². The van der Waals surface area contributed by atoms with Gasteiger partial charge in [-0.2, -0.15) is 0 Å². The molecule has 1 aromatic rings. The van der Waals surface area contributed by atoms with Crippen LogP contribution in [0.1, 0.15) is 58.1 Å². The minimum Gasteiger partial charge on any atom is -0.492 e. The predicted molar refractivity (Wildman–Crippen MR) is 111 cm³/mol. The van der Waals surface area contributed by atoms with Gasteiger partial charge in [0.15, 0.2) is 0 Å². The lowest BCUT2D eigenvalue weighted by molar-refractivity contribution is 0.183. The van der Waals surface area contributed by atoms with Crippen molar-refractivity contribution >= 4 is 0 Å². The molecule has 5 nitrogen and oxygen atoms in total. The zero-order chi connectivity index (χ0) is 19.2. The number of nitrogens with one attached hydrogen (secondary N) is 1. The number of hydrogen-bond acceptors (Lipinski definition) is 5. The van der Waals surface area contributed by atoms with E-state index in [2.05, 4.69) is 41.4 Å². The number of nitrogens with two attached hydrogens (primary N) is 1. The van der Waals surface area contributed by atoms with E-state index < -0.39 is 0 Å². The number of benzene rings is 1. The first-order chi connectivity index (χ1) is 12.7. The molecule has 1 saturated heterocycles. The lowest BCUT2D eigenvalue weighted by Crippen LogP contribution is -2.35. The van der Waals surface area contributed by atoms with Crippen LogP contribution in [0.3, 0.4) is 0 Å². The topological polar surface area (TPSA) is 53.8 Å². The summed E-state index contributed by atoms with van der Waals surface area (Å²) in [6, 6.07) is 8.88. The van der Waals surface area contributed by atoms with Crippen LogP contribution >= 0.6 is 0 Å². The van der Waals surface area contributed by atoms with Gasteiger partial charge >= 0.3 is 0 Å². The highest BCUT2D eigenvalue weighted by Gasteiger charge is 2.10. The van der Waals surface area contributed by atoms with Crippen LogP contribution < -0.4 is 15.9 Å². The van der Waals surface area contributed by atoms with Gasteiger partial charge in [-0.3, -0.25) is 10.7 Å². The summed E-state index contributed by atoms with van der Waals surface area (Å²) in [5.74, 6) is 6.62. The Bertz CT molecular complexity index is 444.